The van der Waals surface area contributed by atoms with Crippen LogP contribution in [0, 0.1) is 11.3 Å². The number of carbonyl (C=O) groups excluding carboxylic acids is 5. The lowest BCUT2D eigenvalue weighted by atomic mass is 9.91. The average molecular weight is 856 g/mol. The summed E-state index contributed by atoms with van der Waals surface area (Å²) >= 11 is 0. The Labute approximate surface area is 360 Å². The van der Waals surface area contributed by atoms with E-state index in [9.17, 15) is 43.8 Å². The Bertz CT molecular complexity index is 1200. The molecule has 1 amide bonds. The molecule has 14 nitrogen and oxygen atoms in total. The summed E-state index contributed by atoms with van der Waals surface area (Å²) in [6.07, 6.45) is 17.7. The van der Waals surface area contributed by atoms with Crippen LogP contribution in [-0.2, 0) is 52.5 Å². The first-order chi connectivity index (χ1) is 28.7. The van der Waals surface area contributed by atoms with Gasteiger partial charge in [-0.1, -0.05) is 111 Å². The third-order valence-corrected chi connectivity index (χ3v) is 10.3. The summed E-state index contributed by atoms with van der Waals surface area (Å²) in [5, 5.41) is 21.7. The molecule has 60 heavy (non-hydrogen) atoms. The van der Waals surface area contributed by atoms with E-state index in [0.29, 0.717) is 45.5 Å². The third-order valence-electron chi connectivity index (χ3n) is 10.3. The van der Waals surface area contributed by atoms with Crippen LogP contribution in [-0.4, -0.2) is 110 Å². The number of ketones is 4. The minimum absolute atomic E-state index is 0.0126. The van der Waals surface area contributed by atoms with Crippen LogP contribution in [0.3, 0.4) is 0 Å². The van der Waals surface area contributed by atoms with Crippen LogP contribution < -0.4 is 5.32 Å². The maximum absolute atomic E-state index is 12.6. The summed E-state index contributed by atoms with van der Waals surface area (Å²) in [4.78, 5) is 84.7. The van der Waals surface area contributed by atoms with Gasteiger partial charge in [-0.25, -0.2) is 4.79 Å². The van der Waals surface area contributed by atoms with Crippen molar-refractivity contribution in [1.82, 2.24) is 5.32 Å². The third kappa shape index (κ3) is 35.7. The van der Waals surface area contributed by atoms with Crippen molar-refractivity contribution in [2.75, 3.05) is 52.9 Å². The maximum atomic E-state index is 12.6. The van der Waals surface area contributed by atoms with Gasteiger partial charge in [0.1, 0.15) is 30.8 Å². The number of amides is 1. The molecule has 0 fully saturated rings. The molecule has 0 heterocycles. The van der Waals surface area contributed by atoms with Gasteiger partial charge in [0.2, 0.25) is 5.91 Å². The highest BCUT2D eigenvalue weighted by Crippen LogP contribution is 2.18. The Hall–Kier alpha value is -3.07. The topological polar surface area (TPSA) is 209 Å². The Kier molecular flexibility index (Phi) is 35.7. The van der Waals surface area contributed by atoms with Crippen molar-refractivity contribution in [3.8, 4) is 0 Å². The highest BCUT2D eigenvalue weighted by atomic mass is 16.5. The summed E-state index contributed by atoms with van der Waals surface area (Å²) in [5.74, 6) is -4.51. The van der Waals surface area contributed by atoms with Gasteiger partial charge in [-0.3, -0.25) is 28.8 Å². The van der Waals surface area contributed by atoms with Crippen LogP contribution in [0.15, 0.2) is 0 Å². The predicted molar refractivity (Wildman–Crippen MR) is 230 cm³/mol. The number of carboxylic acids is 2. The highest BCUT2D eigenvalue weighted by Gasteiger charge is 2.25. The van der Waals surface area contributed by atoms with Gasteiger partial charge in [0.25, 0.3) is 0 Å². The van der Waals surface area contributed by atoms with Crippen molar-refractivity contribution in [2.24, 2.45) is 11.3 Å². The molecule has 0 spiro atoms. The lowest BCUT2D eigenvalue weighted by Crippen LogP contribution is -2.41. The average Bonchev–Trinajstić information content (AvgIpc) is 3.19. The molecule has 0 aliphatic heterocycles. The van der Waals surface area contributed by atoms with Gasteiger partial charge in [0.15, 0.2) is 11.6 Å². The maximum Gasteiger partial charge on any atom is 0.326 e. The molecule has 0 aromatic carbocycles. The standard InChI is InChI=1S/C46H81NO13/c1-5-6-7-8-9-10-11-12-13-14-15-16-17-18-23-43(52)47-41(45(55)56)27-26-39(49)34-37(44(53)54)24-25-38(48)21-19-28-57-30-32-59-35-40(50)22-20-29-58-31-33-60-36-42(51)46(2,3)4/h37,41H,5-36H2,1-4H3,(H,47,52)(H,53,54)(H,55,56)/t37-,41+/m1/s1. The van der Waals surface area contributed by atoms with E-state index in [1.807, 2.05) is 20.8 Å². The van der Waals surface area contributed by atoms with Crippen LogP contribution in [0.5, 0.6) is 0 Å². The van der Waals surface area contributed by atoms with E-state index in [1.165, 1.54) is 64.2 Å². The zero-order valence-corrected chi connectivity index (χ0v) is 37.7. The summed E-state index contributed by atoms with van der Waals surface area (Å²) in [5.41, 5.74) is -0.435. The number of hydrogen-bond acceptors (Lipinski definition) is 11. The van der Waals surface area contributed by atoms with E-state index in [2.05, 4.69) is 12.2 Å². The molecule has 0 saturated carbocycles. The Morgan fingerprint density at radius 1 is 0.483 bits per heavy atom. The Balaban J connectivity index is 4.00. The zero-order chi connectivity index (χ0) is 44.9. The number of carboxylic acid groups (broad SMARTS) is 2. The van der Waals surface area contributed by atoms with E-state index in [4.69, 9.17) is 18.9 Å². The number of hydrogen-bond donors (Lipinski definition) is 3. The fourth-order valence-electron chi connectivity index (χ4n) is 6.28. The second-order valence-electron chi connectivity index (χ2n) is 16.9. The fraction of sp³-hybridized carbons (Fsp3) is 0.848. The van der Waals surface area contributed by atoms with Crippen molar-refractivity contribution in [1.29, 1.82) is 0 Å². The quantitative estimate of drug-likeness (QED) is 0.0497. The number of aliphatic carboxylic acids is 2. The van der Waals surface area contributed by atoms with Crippen LogP contribution in [0.4, 0.5) is 0 Å². The number of nitrogens with one attached hydrogen (secondary N) is 1. The number of ether oxygens (including phenoxy) is 4. The fourth-order valence-corrected chi connectivity index (χ4v) is 6.28. The van der Waals surface area contributed by atoms with Gasteiger partial charge in [-0.15, -0.1) is 0 Å². The van der Waals surface area contributed by atoms with Crippen molar-refractivity contribution >= 4 is 41.0 Å². The normalized spacial score (nSPS) is 12.5. The molecule has 0 unspecified atom stereocenters. The molecule has 3 N–H and O–H groups in total. The van der Waals surface area contributed by atoms with Gasteiger partial charge >= 0.3 is 11.9 Å². The summed E-state index contributed by atoms with van der Waals surface area (Å²) in [6.45, 7) is 9.57. The first kappa shape index (κ1) is 56.9. The second-order valence-corrected chi connectivity index (χ2v) is 16.9. The van der Waals surface area contributed by atoms with Crippen LogP contribution in [0.25, 0.3) is 0 Å². The first-order valence-corrected chi connectivity index (χ1v) is 22.8. The number of Topliss-reactive ketones (excluding diaryl/α,β-unsaturated/α-hetero) is 4. The summed E-state index contributed by atoms with van der Waals surface area (Å²) in [6, 6.07) is -1.23. The molecule has 0 rings (SSSR count). The Morgan fingerprint density at radius 3 is 1.45 bits per heavy atom. The van der Waals surface area contributed by atoms with Crippen LogP contribution in [0.1, 0.15) is 182 Å². The predicted octanol–water partition coefficient (Wildman–Crippen LogP) is 8.03. The van der Waals surface area contributed by atoms with Gasteiger partial charge in [-0.2, -0.15) is 0 Å². The molecular formula is C46H81NO13. The summed E-state index contributed by atoms with van der Waals surface area (Å²) < 4.78 is 21.5. The molecule has 0 aliphatic carbocycles. The van der Waals surface area contributed by atoms with E-state index < -0.39 is 35.1 Å². The van der Waals surface area contributed by atoms with E-state index in [-0.39, 0.29) is 101 Å². The van der Waals surface area contributed by atoms with Gasteiger partial charge in [0.05, 0.1) is 32.3 Å². The molecule has 0 aliphatic rings. The molecule has 14 heteroatoms. The largest absolute Gasteiger partial charge is 0.481 e. The van der Waals surface area contributed by atoms with E-state index >= 15 is 0 Å². The molecule has 348 valence electrons. The lowest BCUT2D eigenvalue weighted by molar-refractivity contribution is -0.145. The molecule has 2 atom stereocenters. The van der Waals surface area contributed by atoms with Crippen molar-refractivity contribution < 1.29 is 62.7 Å². The number of carbonyl (C=O) groups is 7. The van der Waals surface area contributed by atoms with E-state index in [0.717, 1.165) is 19.3 Å². The molecule has 0 aromatic rings. The minimum Gasteiger partial charge on any atom is -0.481 e. The SMILES string of the molecule is CCCCCCCCCCCCCCCCC(=O)N[C@@H](CCC(=O)C[C@@H](CCC(=O)CCCOCCOCC(=O)CCCOCCOCC(=O)C(C)(C)C)C(=O)O)C(=O)O. The number of unbranched alkanes of at least 4 members (excludes halogenated alkanes) is 13. The molecular weight excluding hydrogens is 775 g/mol. The van der Waals surface area contributed by atoms with Gasteiger partial charge in [0, 0.05) is 57.2 Å². The molecule has 0 aromatic heterocycles. The number of rotatable bonds is 44. The molecule has 0 bridgehead atoms. The molecule has 0 radical (unpaired) electrons. The van der Waals surface area contributed by atoms with Crippen molar-refractivity contribution in [2.45, 2.75) is 188 Å². The lowest BCUT2D eigenvalue weighted by Gasteiger charge is -2.16. The molecule has 0 saturated heterocycles. The van der Waals surface area contributed by atoms with Crippen LogP contribution in [0.2, 0.25) is 0 Å². The zero-order valence-electron chi connectivity index (χ0n) is 37.7. The van der Waals surface area contributed by atoms with Gasteiger partial charge in [-0.05, 0) is 32.1 Å². The smallest absolute Gasteiger partial charge is 0.326 e. The van der Waals surface area contributed by atoms with E-state index in [1.54, 1.807) is 0 Å². The highest BCUT2D eigenvalue weighted by molar-refractivity contribution is 5.87. The van der Waals surface area contributed by atoms with Crippen molar-refractivity contribution in [3.63, 3.8) is 0 Å². The van der Waals surface area contributed by atoms with Gasteiger partial charge < -0.3 is 34.5 Å². The summed E-state index contributed by atoms with van der Waals surface area (Å²) in [7, 11) is 0. The Morgan fingerprint density at radius 2 is 0.950 bits per heavy atom. The van der Waals surface area contributed by atoms with Crippen molar-refractivity contribution in [3.05, 3.63) is 0 Å². The van der Waals surface area contributed by atoms with Crippen LogP contribution >= 0.6 is 0 Å². The monoisotopic (exact) mass is 856 g/mol. The minimum atomic E-state index is -1.25. The first-order valence-electron chi connectivity index (χ1n) is 22.8. The second kappa shape index (κ2) is 37.7.